The summed E-state index contributed by atoms with van der Waals surface area (Å²) in [6.07, 6.45) is -3.67. The van der Waals surface area contributed by atoms with Crippen LogP contribution in [0.15, 0.2) is 6.07 Å². The molecule has 3 heterocycles. The molecule has 3 rings (SSSR count). The van der Waals surface area contributed by atoms with Gasteiger partial charge in [-0.2, -0.15) is 13.2 Å². The van der Waals surface area contributed by atoms with Crippen molar-refractivity contribution < 1.29 is 23.0 Å². The third-order valence-corrected chi connectivity index (χ3v) is 5.69. The maximum atomic E-state index is 13.3. The first-order chi connectivity index (χ1) is 9.68. The lowest BCUT2D eigenvalue weighted by atomic mass is 9.79. The molecule has 1 saturated heterocycles. The number of aliphatic hydroxyl groups is 1. The van der Waals surface area contributed by atoms with Gasteiger partial charge in [0, 0.05) is 16.5 Å². The van der Waals surface area contributed by atoms with Crippen LogP contribution in [0.4, 0.5) is 13.2 Å². The van der Waals surface area contributed by atoms with Gasteiger partial charge < -0.3 is 15.2 Å². The average molecular weight is 342 g/mol. The van der Waals surface area contributed by atoms with E-state index >= 15 is 0 Å². The Bertz CT molecular complexity index is 564. The minimum absolute atomic E-state index is 0.129. The molecule has 0 aliphatic carbocycles. The summed E-state index contributed by atoms with van der Waals surface area (Å²) in [5, 5.41) is 13.4. The van der Waals surface area contributed by atoms with Crippen LogP contribution in [-0.4, -0.2) is 30.5 Å². The van der Waals surface area contributed by atoms with E-state index in [1.54, 1.807) is 0 Å². The zero-order valence-corrected chi connectivity index (χ0v) is 12.8. The van der Waals surface area contributed by atoms with Crippen molar-refractivity contribution >= 4 is 22.9 Å². The van der Waals surface area contributed by atoms with Crippen molar-refractivity contribution in [1.82, 2.24) is 5.32 Å². The Morgan fingerprint density at radius 3 is 2.86 bits per heavy atom. The van der Waals surface area contributed by atoms with Crippen LogP contribution in [0.2, 0.25) is 4.34 Å². The molecule has 1 aromatic rings. The van der Waals surface area contributed by atoms with E-state index in [-0.39, 0.29) is 15.9 Å². The first-order valence-electron chi connectivity index (χ1n) is 6.65. The summed E-state index contributed by atoms with van der Waals surface area (Å²) in [6.45, 7) is 1.83. The summed E-state index contributed by atoms with van der Waals surface area (Å²) in [6, 6.07) is 1.36. The second kappa shape index (κ2) is 4.83. The van der Waals surface area contributed by atoms with Gasteiger partial charge in [-0.05, 0) is 32.4 Å². The highest BCUT2D eigenvalue weighted by Crippen LogP contribution is 2.54. The molecule has 21 heavy (non-hydrogen) atoms. The zero-order chi connectivity index (χ0) is 15.5. The first-order valence-corrected chi connectivity index (χ1v) is 7.84. The molecule has 0 aromatic carbocycles. The minimum atomic E-state index is -4.80. The van der Waals surface area contributed by atoms with E-state index < -0.39 is 24.0 Å². The van der Waals surface area contributed by atoms with Crippen molar-refractivity contribution in [2.45, 2.75) is 43.2 Å². The third kappa shape index (κ3) is 2.30. The van der Waals surface area contributed by atoms with Gasteiger partial charge in [-0.25, -0.2) is 0 Å². The Morgan fingerprint density at radius 1 is 1.52 bits per heavy atom. The molecule has 3 nitrogen and oxygen atoms in total. The van der Waals surface area contributed by atoms with Crippen molar-refractivity contribution in [3.63, 3.8) is 0 Å². The lowest BCUT2D eigenvalue weighted by Gasteiger charge is -2.47. The molecule has 1 spiro atoms. The minimum Gasteiger partial charge on any atom is -0.375 e. The van der Waals surface area contributed by atoms with E-state index in [0.29, 0.717) is 24.3 Å². The highest BCUT2D eigenvalue weighted by Gasteiger charge is 2.62. The van der Waals surface area contributed by atoms with E-state index in [1.165, 1.54) is 6.07 Å². The van der Waals surface area contributed by atoms with Gasteiger partial charge in [-0.1, -0.05) is 11.6 Å². The summed E-state index contributed by atoms with van der Waals surface area (Å²) in [7, 11) is 0. The number of ether oxygens (including phenoxy) is 1. The summed E-state index contributed by atoms with van der Waals surface area (Å²) < 4.78 is 45.6. The maximum absolute atomic E-state index is 13.3. The highest BCUT2D eigenvalue weighted by molar-refractivity contribution is 7.16. The molecule has 118 valence electrons. The zero-order valence-electron chi connectivity index (χ0n) is 11.3. The van der Waals surface area contributed by atoms with Crippen LogP contribution in [0.3, 0.4) is 0 Å². The average Bonchev–Trinajstić information content (AvgIpc) is 2.77. The lowest BCUT2D eigenvalue weighted by Crippen LogP contribution is -2.56. The summed E-state index contributed by atoms with van der Waals surface area (Å²) >= 11 is 7.00. The summed E-state index contributed by atoms with van der Waals surface area (Å²) in [5.41, 5.74) is -3.91. The Labute approximate surface area is 129 Å². The van der Waals surface area contributed by atoms with Crippen LogP contribution in [0, 0.1) is 0 Å². The number of fused-ring (bicyclic) bond motifs is 2. The Kier molecular flexibility index (Phi) is 3.57. The molecule has 0 bridgehead atoms. The van der Waals surface area contributed by atoms with Crippen LogP contribution in [-0.2, 0) is 15.9 Å². The number of thiophene rings is 1. The molecule has 3 atom stereocenters. The summed E-state index contributed by atoms with van der Waals surface area (Å²) in [4.78, 5) is 0.409. The number of halogens is 4. The largest absolute Gasteiger partial charge is 0.423 e. The molecule has 2 aliphatic rings. The fourth-order valence-electron chi connectivity index (χ4n) is 3.15. The lowest BCUT2D eigenvalue weighted by molar-refractivity contribution is -0.302. The summed E-state index contributed by atoms with van der Waals surface area (Å²) in [5.74, 6) is 0. The molecule has 0 saturated carbocycles. The number of hydrogen-bond acceptors (Lipinski definition) is 4. The second-order valence-electron chi connectivity index (χ2n) is 5.74. The first kappa shape index (κ1) is 15.6. The van der Waals surface area contributed by atoms with Gasteiger partial charge in [0.05, 0.1) is 10.9 Å². The molecule has 1 aromatic heterocycles. The van der Waals surface area contributed by atoms with E-state index in [0.717, 1.165) is 11.3 Å². The number of alkyl halides is 3. The molecule has 8 heteroatoms. The Balaban J connectivity index is 2.12. The number of nitrogens with one attached hydrogen (secondary N) is 1. The second-order valence-corrected chi connectivity index (χ2v) is 7.43. The quantitative estimate of drug-likeness (QED) is 0.761. The Morgan fingerprint density at radius 2 is 2.24 bits per heavy atom. The number of hydrogen-bond donors (Lipinski definition) is 2. The van der Waals surface area contributed by atoms with Crippen molar-refractivity contribution in [1.29, 1.82) is 0 Å². The van der Waals surface area contributed by atoms with E-state index in [1.807, 2.05) is 6.92 Å². The van der Waals surface area contributed by atoms with E-state index in [9.17, 15) is 18.3 Å². The van der Waals surface area contributed by atoms with Gasteiger partial charge in [0.15, 0.2) is 0 Å². The molecular formula is C13H15ClF3NO2S. The van der Waals surface area contributed by atoms with Crippen LogP contribution in [0.1, 0.15) is 30.2 Å². The molecule has 1 fully saturated rings. The maximum Gasteiger partial charge on any atom is 0.423 e. The van der Waals surface area contributed by atoms with Gasteiger partial charge in [0.1, 0.15) is 5.60 Å². The van der Waals surface area contributed by atoms with Crippen LogP contribution >= 0.6 is 22.9 Å². The molecular weight excluding hydrogens is 327 g/mol. The highest BCUT2D eigenvalue weighted by atomic mass is 35.5. The van der Waals surface area contributed by atoms with Crippen molar-refractivity contribution in [3.8, 4) is 0 Å². The smallest absolute Gasteiger partial charge is 0.375 e. The number of piperidine rings is 1. The molecule has 2 N–H and O–H groups in total. The van der Waals surface area contributed by atoms with Crippen molar-refractivity contribution in [2.75, 3.05) is 13.2 Å². The van der Waals surface area contributed by atoms with Gasteiger partial charge >= 0.3 is 6.18 Å². The van der Waals surface area contributed by atoms with Crippen LogP contribution in [0.25, 0.3) is 0 Å². The third-order valence-electron chi connectivity index (χ3n) is 4.25. The SMILES string of the molecule is CC1CC2(CCN1)OCC(O)(C(F)(F)F)c1cc(Cl)sc12. The molecule has 0 amide bonds. The van der Waals surface area contributed by atoms with E-state index in [2.05, 4.69) is 5.32 Å². The predicted molar refractivity (Wildman–Crippen MR) is 73.6 cm³/mol. The normalized spacial score (nSPS) is 36.8. The standard InChI is InChI=1S/C13H15ClF3NO2S/c1-7-5-11(2-3-18-7)10-8(4-9(14)21-10)12(19,6-20-11)13(15,16)17/h4,7,18-19H,2-3,5-6H2,1H3. The molecule has 0 radical (unpaired) electrons. The van der Waals surface area contributed by atoms with Crippen LogP contribution in [0.5, 0.6) is 0 Å². The monoisotopic (exact) mass is 341 g/mol. The van der Waals surface area contributed by atoms with Crippen molar-refractivity contribution in [2.24, 2.45) is 0 Å². The molecule has 2 aliphatic heterocycles. The van der Waals surface area contributed by atoms with E-state index in [4.69, 9.17) is 16.3 Å². The Hall–Kier alpha value is -0.340. The van der Waals surface area contributed by atoms with Gasteiger partial charge in [-0.15, -0.1) is 11.3 Å². The van der Waals surface area contributed by atoms with Crippen molar-refractivity contribution in [3.05, 3.63) is 20.8 Å². The van der Waals surface area contributed by atoms with Gasteiger partial charge in [0.2, 0.25) is 5.60 Å². The topological polar surface area (TPSA) is 41.5 Å². The van der Waals surface area contributed by atoms with Crippen LogP contribution < -0.4 is 5.32 Å². The fourth-order valence-corrected chi connectivity index (χ4v) is 4.63. The number of rotatable bonds is 0. The molecule has 3 unspecified atom stereocenters. The van der Waals surface area contributed by atoms with Gasteiger partial charge in [-0.3, -0.25) is 0 Å². The predicted octanol–water partition coefficient (Wildman–Crippen LogP) is 3.15. The fraction of sp³-hybridized carbons (Fsp3) is 0.692. The van der Waals surface area contributed by atoms with Gasteiger partial charge in [0.25, 0.3) is 0 Å².